The summed E-state index contributed by atoms with van der Waals surface area (Å²) in [5.41, 5.74) is 0.0142. The standard InChI is InChI=1S/C11H12ClFO2/c1-3-15-7(2)11(14)9-5-4-8(12)6-10(9)13/h4-7H,3H2,1-2H3. The summed E-state index contributed by atoms with van der Waals surface area (Å²) in [6.45, 7) is 3.80. The molecular formula is C11H12ClFO2. The van der Waals surface area contributed by atoms with Gasteiger partial charge in [0, 0.05) is 11.6 Å². The van der Waals surface area contributed by atoms with Crippen molar-refractivity contribution in [3.05, 3.63) is 34.6 Å². The Morgan fingerprint density at radius 1 is 1.60 bits per heavy atom. The molecule has 4 heteroatoms. The van der Waals surface area contributed by atoms with Gasteiger partial charge in [0.1, 0.15) is 11.9 Å². The maximum absolute atomic E-state index is 13.3. The molecular weight excluding hydrogens is 219 g/mol. The SMILES string of the molecule is CCOC(C)C(=O)c1ccc(Cl)cc1F. The van der Waals surface area contributed by atoms with Crippen LogP contribution in [0, 0.1) is 5.82 Å². The smallest absolute Gasteiger partial charge is 0.194 e. The summed E-state index contributed by atoms with van der Waals surface area (Å²) >= 11 is 5.58. The molecule has 0 amide bonds. The first-order valence-electron chi connectivity index (χ1n) is 4.67. The third kappa shape index (κ3) is 3.01. The first-order valence-corrected chi connectivity index (χ1v) is 5.05. The Kier molecular flexibility index (Phi) is 4.24. The van der Waals surface area contributed by atoms with Crippen molar-refractivity contribution < 1.29 is 13.9 Å². The van der Waals surface area contributed by atoms with E-state index in [1.807, 2.05) is 0 Å². The molecule has 82 valence electrons. The molecule has 1 atom stereocenters. The Morgan fingerprint density at radius 2 is 2.27 bits per heavy atom. The first-order chi connectivity index (χ1) is 7.06. The highest BCUT2D eigenvalue weighted by atomic mass is 35.5. The van der Waals surface area contributed by atoms with Gasteiger partial charge in [-0.05, 0) is 32.0 Å². The molecule has 0 aliphatic carbocycles. The van der Waals surface area contributed by atoms with Gasteiger partial charge < -0.3 is 4.74 Å². The van der Waals surface area contributed by atoms with Gasteiger partial charge in [-0.25, -0.2) is 4.39 Å². The lowest BCUT2D eigenvalue weighted by molar-refractivity contribution is 0.0517. The molecule has 0 fully saturated rings. The quantitative estimate of drug-likeness (QED) is 0.743. The van der Waals surface area contributed by atoms with E-state index in [9.17, 15) is 9.18 Å². The monoisotopic (exact) mass is 230 g/mol. The van der Waals surface area contributed by atoms with E-state index in [0.717, 1.165) is 6.07 Å². The highest BCUT2D eigenvalue weighted by Crippen LogP contribution is 2.16. The van der Waals surface area contributed by atoms with Gasteiger partial charge in [-0.1, -0.05) is 11.6 Å². The topological polar surface area (TPSA) is 26.3 Å². The highest BCUT2D eigenvalue weighted by molar-refractivity contribution is 6.30. The first kappa shape index (κ1) is 12.1. The van der Waals surface area contributed by atoms with Crippen LogP contribution in [0.5, 0.6) is 0 Å². The van der Waals surface area contributed by atoms with Crippen molar-refractivity contribution >= 4 is 17.4 Å². The van der Waals surface area contributed by atoms with Gasteiger partial charge in [0.2, 0.25) is 0 Å². The van der Waals surface area contributed by atoms with Crippen molar-refractivity contribution in [2.45, 2.75) is 20.0 Å². The van der Waals surface area contributed by atoms with E-state index in [2.05, 4.69) is 0 Å². The minimum atomic E-state index is -0.634. The lowest BCUT2D eigenvalue weighted by atomic mass is 10.1. The molecule has 0 heterocycles. The van der Waals surface area contributed by atoms with Crippen LogP contribution in [-0.4, -0.2) is 18.5 Å². The number of hydrogen-bond acceptors (Lipinski definition) is 2. The third-order valence-corrected chi connectivity index (χ3v) is 2.22. The molecule has 0 aliphatic heterocycles. The Bertz CT molecular complexity index is 366. The van der Waals surface area contributed by atoms with Gasteiger partial charge in [0.25, 0.3) is 0 Å². The van der Waals surface area contributed by atoms with Gasteiger partial charge in [0.15, 0.2) is 5.78 Å². The molecule has 1 aromatic carbocycles. The molecule has 0 spiro atoms. The normalized spacial score (nSPS) is 12.5. The minimum absolute atomic E-state index is 0.0142. The summed E-state index contributed by atoms with van der Waals surface area (Å²) in [6, 6.07) is 3.97. The van der Waals surface area contributed by atoms with E-state index in [1.165, 1.54) is 12.1 Å². The lowest BCUT2D eigenvalue weighted by Crippen LogP contribution is -2.21. The van der Waals surface area contributed by atoms with E-state index in [1.54, 1.807) is 13.8 Å². The fourth-order valence-electron chi connectivity index (χ4n) is 1.23. The maximum Gasteiger partial charge on any atom is 0.194 e. The van der Waals surface area contributed by atoms with Crippen LogP contribution < -0.4 is 0 Å². The summed E-state index contributed by atoms with van der Waals surface area (Å²) < 4.78 is 18.4. The molecule has 0 N–H and O–H groups in total. The molecule has 1 aromatic rings. The van der Waals surface area contributed by atoms with E-state index < -0.39 is 11.9 Å². The summed E-state index contributed by atoms with van der Waals surface area (Å²) in [4.78, 5) is 11.7. The number of carbonyl (C=O) groups is 1. The number of carbonyl (C=O) groups excluding carboxylic acids is 1. The minimum Gasteiger partial charge on any atom is -0.371 e. The molecule has 1 rings (SSSR count). The largest absolute Gasteiger partial charge is 0.371 e. The van der Waals surface area contributed by atoms with Crippen LogP contribution >= 0.6 is 11.6 Å². The van der Waals surface area contributed by atoms with E-state index in [-0.39, 0.29) is 16.4 Å². The Balaban J connectivity index is 2.91. The lowest BCUT2D eigenvalue weighted by Gasteiger charge is -2.10. The van der Waals surface area contributed by atoms with Gasteiger partial charge in [-0.3, -0.25) is 4.79 Å². The molecule has 0 aromatic heterocycles. The number of ketones is 1. The number of hydrogen-bond donors (Lipinski definition) is 0. The molecule has 0 saturated carbocycles. The second-order valence-corrected chi connectivity index (χ2v) is 3.52. The van der Waals surface area contributed by atoms with E-state index >= 15 is 0 Å². The zero-order chi connectivity index (χ0) is 11.4. The van der Waals surface area contributed by atoms with Crippen LogP contribution in [-0.2, 0) is 4.74 Å². The zero-order valence-electron chi connectivity index (χ0n) is 8.59. The molecule has 1 unspecified atom stereocenters. The zero-order valence-corrected chi connectivity index (χ0v) is 9.34. The van der Waals surface area contributed by atoms with Crippen LogP contribution in [0.2, 0.25) is 5.02 Å². The average Bonchev–Trinajstić information content (AvgIpc) is 2.17. The van der Waals surface area contributed by atoms with E-state index in [0.29, 0.717) is 6.61 Å². The fourth-order valence-corrected chi connectivity index (χ4v) is 1.39. The van der Waals surface area contributed by atoms with Crippen LogP contribution in [0.1, 0.15) is 24.2 Å². The van der Waals surface area contributed by atoms with Crippen molar-refractivity contribution in [1.82, 2.24) is 0 Å². The Labute approximate surface area is 93.0 Å². The third-order valence-electron chi connectivity index (χ3n) is 1.98. The van der Waals surface area contributed by atoms with Crippen molar-refractivity contribution in [3.63, 3.8) is 0 Å². The molecule has 0 bridgehead atoms. The van der Waals surface area contributed by atoms with Crippen molar-refractivity contribution in [2.75, 3.05) is 6.61 Å². The summed E-state index contributed by atoms with van der Waals surface area (Å²) in [5.74, 6) is -0.981. The number of ether oxygens (including phenoxy) is 1. The number of Topliss-reactive ketones (excluding diaryl/α,β-unsaturated/α-hetero) is 1. The van der Waals surface area contributed by atoms with E-state index in [4.69, 9.17) is 16.3 Å². The fraction of sp³-hybridized carbons (Fsp3) is 0.364. The Hall–Kier alpha value is -0.930. The van der Waals surface area contributed by atoms with Crippen molar-refractivity contribution in [2.24, 2.45) is 0 Å². The van der Waals surface area contributed by atoms with Crippen LogP contribution in [0.4, 0.5) is 4.39 Å². The maximum atomic E-state index is 13.3. The molecule has 0 radical (unpaired) electrons. The van der Waals surface area contributed by atoms with Gasteiger partial charge >= 0.3 is 0 Å². The van der Waals surface area contributed by atoms with Gasteiger partial charge in [0.05, 0.1) is 5.56 Å². The Morgan fingerprint density at radius 3 is 2.80 bits per heavy atom. The van der Waals surface area contributed by atoms with Gasteiger partial charge in [-0.15, -0.1) is 0 Å². The predicted octanol–water partition coefficient (Wildman–Crippen LogP) is 3.09. The van der Waals surface area contributed by atoms with Crippen LogP contribution in [0.25, 0.3) is 0 Å². The number of halogens is 2. The number of rotatable bonds is 4. The van der Waals surface area contributed by atoms with Crippen molar-refractivity contribution in [1.29, 1.82) is 0 Å². The predicted molar refractivity (Wildman–Crippen MR) is 56.8 cm³/mol. The average molecular weight is 231 g/mol. The second-order valence-electron chi connectivity index (χ2n) is 3.09. The molecule has 0 saturated heterocycles. The summed E-state index contributed by atoms with van der Waals surface area (Å²) in [6.07, 6.45) is -0.634. The van der Waals surface area contributed by atoms with Crippen LogP contribution in [0.15, 0.2) is 18.2 Å². The molecule has 15 heavy (non-hydrogen) atoms. The highest BCUT2D eigenvalue weighted by Gasteiger charge is 2.18. The van der Waals surface area contributed by atoms with Crippen molar-refractivity contribution in [3.8, 4) is 0 Å². The summed E-state index contributed by atoms with van der Waals surface area (Å²) in [7, 11) is 0. The van der Waals surface area contributed by atoms with Gasteiger partial charge in [-0.2, -0.15) is 0 Å². The second kappa shape index (κ2) is 5.24. The molecule has 2 nitrogen and oxygen atoms in total. The van der Waals surface area contributed by atoms with Crippen LogP contribution in [0.3, 0.4) is 0 Å². The number of benzene rings is 1. The summed E-state index contributed by atoms with van der Waals surface area (Å²) in [5, 5.41) is 0.271. The molecule has 0 aliphatic rings.